The van der Waals surface area contributed by atoms with Crippen LogP contribution in [0.2, 0.25) is 0 Å². The predicted octanol–water partition coefficient (Wildman–Crippen LogP) is 9.01. The molecule has 1 atom stereocenters. The second-order valence-corrected chi connectivity index (χ2v) is 11.3. The SMILES string of the molecule is C=CCCCCCCCCC(=O)N(CCC)C(CCCCCCCCC=C)C(=O)Nc1ccccc1CC(OC)OC. The minimum atomic E-state index is -0.481. The number of nitrogens with one attached hydrogen (secondary N) is 1. The van der Waals surface area contributed by atoms with Gasteiger partial charge in [-0.1, -0.05) is 95.1 Å². The number of rotatable bonds is 27. The van der Waals surface area contributed by atoms with Gasteiger partial charge in [-0.2, -0.15) is 0 Å². The van der Waals surface area contributed by atoms with Crippen LogP contribution in [-0.2, 0) is 25.5 Å². The largest absolute Gasteiger partial charge is 0.356 e. The molecule has 0 aliphatic carbocycles. The van der Waals surface area contributed by atoms with Crippen LogP contribution in [0, 0.1) is 0 Å². The number of carbonyl (C=O) groups excluding carboxylic acids is 2. The average molecular weight is 585 g/mol. The van der Waals surface area contributed by atoms with Gasteiger partial charge in [-0.15, -0.1) is 13.2 Å². The predicted molar refractivity (Wildman–Crippen MR) is 177 cm³/mol. The lowest BCUT2D eigenvalue weighted by Crippen LogP contribution is -2.47. The molecule has 238 valence electrons. The molecule has 0 aliphatic heterocycles. The molecule has 0 saturated heterocycles. The van der Waals surface area contributed by atoms with Crippen LogP contribution in [-0.4, -0.2) is 49.8 Å². The van der Waals surface area contributed by atoms with Gasteiger partial charge in [0.05, 0.1) is 0 Å². The van der Waals surface area contributed by atoms with Crippen molar-refractivity contribution in [2.75, 3.05) is 26.1 Å². The molecule has 0 aliphatic rings. The maximum atomic E-state index is 13.9. The Hall–Kier alpha value is -2.44. The van der Waals surface area contributed by atoms with Gasteiger partial charge in [0.1, 0.15) is 6.04 Å². The summed E-state index contributed by atoms with van der Waals surface area (Å²) in [5.41, 5.74) is 1.69. The summed E-state index contributed by atoms with van der Waals surface area (Å²) in [6, 6.07) is 7.28. The van der Waals surface area contributed by atoms with Gasteiger partial charge < -0.3 is 19.7 Å². The third-order valence-electron chi connectivity index (χ3n) is 7.84. The van der Waals surface area contributed by atoms with E-state index in [2.05, 4.69) is 25.4 Å². The Bertz CT molecular complexity index is 868. The third-order valence-corrected chi connectivity index (χ3v) is 7.84. The summed E-state index contributed by atoms with van der Waals surface area (Å²) in [5, 5.41) is 3.17. The highest BCUT2D eigenvalue weighted by atomic mass is 16.7. The molecule has 0 spiro atoms. The Morgan fingerprint density at radius 2 is 1.38 bits per heavy atom. The number of hydrogen-bond acceptors (Lipinski definition) is 4. The average Bonchev–Trinajstić information content (AvgIpc) is 3.00. The molecule has 2 amide bonds. The van der Waals surface area contributed by atoms with Gasteiger partial charge in [-0.05, 0) is 56.6 Å². The number of para-hydroxylation sites is 1. The fraction of sp³-hybridized carbons (Fsp3) is 0.667. The molecule has 0 bridgehead atoms. The van der Waals surface area contributed by atoms with Crippen molar-refractivity contribution in [2.24, 2.45) is 0 Å². The number of nitrogens with zero attached hydrogens (tertiary/aromatic N) is 1. The molecule has 0 radical (unpaired) electrons. The van der Waals surface area contributed by atoms with Crippen molar-refractivity contribution in [2.45, 2.75) is 135 Å². The van der Waals surface area contributed by atoms with E-state index in [-0.39, 0.29) is 11.8 Å². The minimum absolute atomic E-state index is 0.0974. The number of amides is 2. The minimum Gasteiger partial charge on any atom is -0.356 e. The molecule has 0 heterocycles. The second kappa shape index (κ2) is 25.1. The van der Waals surface area contributed by atoms with Crippen LogP contribution in [0.3, 0.4) is 0 Å². The van der Waals surface area contributed by atoms with E-state index in [0.717, 1.165) is 69.0 Å². The fourth-order valence-corrected chi connectivity index (χ4v) is 5.35. The van der Waals surface area contributed by atoms with Crippen molar-refractivity contribution in [3.8, 4) is 0 Å². The van der Waals surface area contributed by atoms with Crippen LogP contribution in [0.4, 0.5) is 5.69 Å². The molecule has 0 fully saturated rings. The number of methoxy groups -OCH3 is 2. The van der Waals surface area contributed by atoms with Crippen molar-refractivity contribution in [3.63, 3.8) is 0 Å². The van der Waals surface area contributed by atoms with E-state index >= 15 is 0 Å². The smallest absolute Gasteiger partial charge is 0.247 e. The molecular formula is C36H60N2O4. The van der Waals surface area contributed by atoms with Crippen molar-refractivity contribution in [3.05, 3.63) is 55.1 Å². The Morgan fingerprint density at radius 1 is 0.833 bits per heavy atom. The third kappa shape index (κ3) is 16.3. The van der Waals surface area contributed by atoms with Crippen LogP contribution < -0.4 is 5.32 Å². The number of unbranched alkanes of at least 4 members (excludes halogenated alkanes) is 12. The number of benzene rings is 1. The molecule has 42 heavy (non-hydrogen) atoms. The maximum absolute atomic E-state index is 13.9. The van der Waals surface area contributed by atoms with Gasteiger partial charge in [-0.25, -0.2) is 0 Å². The molecule has 0 aromatic heterocycles. The maximum Gasteiger partial charge on any atom is 0.247 e. The van der Waals surface area contributed by atoms with Gasteiger partial charge in [0.15, 0.2) is 6.29 Å². The lowest BCUT2D eigenvalue weighted by molar-refractivity contribution is -0.139. The lowest BCUT2D eigenvalue weighted by atomic mass is 10.0. The first-order valence-electron chi connectivity index (χ1n) is 16.5. The zero-order valence-electron chi connectivity index (χ0n) is 27.0. The highest BCUT2D eigenvalue weighted by Crippen LogP contribution is 2.22. The first-order valence-corrected chi connectivity index (χ1v) is 16.5. The summed E-state index contributed by atoms with van der Waals surface area (Å²) in [5.74, 6) is -0.0102. The Morgan fingerprint density at radius 3 is 1.95 bits per heavy atom. The first kappa shape index (κ1) is 37.6. The quantitative estimate of drug-likeness (QED) is 0.0636. The van der Waals surface area contributed by atoms with E-state index in [4.69, 9.17) is 9.47 Å². The van der Waals surface area contributed by atoms with Crippen molar-refractivity contribution in [1.29, 1.82) is 0 Å². The summed E-state index contributed by atoms with van der Waals surface area (Å²) in [6.07, 6.45) is 21.7. The zero-order chi connectivity index (χ0) is 30.8. The summed E-state index contributed by atoms with van der Waals surface area (Å²) < 4.78 is 10.8. The molecular weight excluding hydrogens is 524 g/mol. The highest BCUT2D eigenvalue weighted by Gasteiger charge is 2.29. The molecule has 1 rings (SSSR count). The molecule has 1 aromatic rings. The first-order chi connectivity index (χ1) is 20.5. The second-order valence-electron chi connectivity index (χ2n) is 11.3. The van der Waals surface area contributed by atoms with Gasteiger partial charge >= 0.3 is 0 Å². The van der Waals surface area contributed by atoms with Crippen LogP contribution in [0.15, 0.2) is 49.6 Å². The van der Waals surface area contributed by atoms with E-state index in [1.807, 2.05) is 41.3 Å². The van der Waals surface area contributed by atoms with Crippen LogP contribution in [0.1, 0.15) is 122 Å². The summed E-state index contributed by atoms with van der Waals surface area (Å²) in [6.45, 7) is 10.3. The lowest BCUT2D eigenvalue weighted by Gasteiger charge is -2.31. The van der Waals surface area contributed by atoms with Crippen LogP contribution >= 0.6 is 0 Å². The molecule has 1 aromatic carbocycles. The van der Waals surface area contributed by atoms with Crippen LogP contribution in [0.5, 0.6) is 0 Å². The molecule has 1 N–H and O–H groups in total. The van der Waals surface area contributed by atoms with E-state index in [1.165, 1.54) is 38.5 Å². The monoisotopic (exact) mass is 584 g/mol. The Balaban J connectivity index is 2.90. The number of ether oxygens (including phenoxy) is 2. The molecule has 0 saturated carbocycles. The van der Waals surface area contributed by atoms with Crippen LogP contribution in [0.25, 0.3) is 0 Å². The number of hydrogen-bond donors (Lipinski definition) is 1. The normalized spacial score (nSPS) is 11.8. The Kier molecular flexibility index (Phi) is 22.5. The van der Waals surface area contributed by atoms with E-state index in [1.54, 1.807) is 14.2 Å². The fourth-order valence-electron chi connectivity index (χ4n) is 5.35. The standard InChI is InChI=1S/C36H60N2O4/c1-6-9-11-13-15-17-19-21-27-33(36(40)37-32-26-24-23-25-31(32)30-35(41-4)42-5)38(29-8-3)34(39)28-22-20-18-16-14-12-10-7-2/h6-7,23-26,33,35H,1-2,8-22,27-30H2,3-5H3,(H,37,40). The van der Waals surface area contributed by atoms with Crippen molar-refractivity contribution < 1.29 is 19.1 Å². The van der Waals surface area contributed by atoms with Gasteiger partial charge in [0.25, 0.3) is 0 Å². The molecule has 6 nitrogen and oxygen atoms in total. The molecule has 1 unspecified atom stereocenters. The topological polar surface area (TPSA) is 67.9 Å². The number of anilines is 1. The van der Waals surface area contributed by atoms with Gasteiger partial charge in [0.2, 0.25) is 11.8 Å². The summed E-state index contributed by atoms with van der Waals surface area (Å²) >= 11 is 0. The van der Waals surface area contributed by atoms with Crippen molar-refractivity contribution in [1.82, 2.24) is 4.90 Å². The zero-order valence-corrected chi connectivity index (χ0v) is 27.0. The summed E-state index contributed by atoms with van der Waals surface area (Å²) in [4.78, 5) is 29.3. The van der Waals surface area contributed by atoms with Crippen molar-refractivity contribution >= 4 is 17.5 Å². The summed E-state index contributed by atoms with van der Waals surface area (Å²) in [7, 11) is 3.23. The van der Waals surface area contributed by atoms with Gasteiger partial charge in [-0.3, -0.25) is 9.59 Å². The van der Waals surface area contributed by atoms with E-state index in [9.17, 15) is 9.59 Å². The van der Waals surface area contributed by atoms with Gasteiger partial charge in [0, 0.05) is 39.3 Å². The number of carbonyl (C=O) groups is 2. The Labute approximate surface area is 257 Å². The number of allylic oxidation sites excluding steroid dienone is 2. The van der Waals surface area contributed by atoms with E-state index < -0.39 is 12.3 Å². The highest BCUT2D eigenvalue weighted by molar-refractivity contribution is 5.97. The molecule has 6 heteroatoms. The van der Waals surface area contributed by atoms with E-state index in [0.29, 0.717) is 25.8 Å².